The maximum atomic E-state index is 4.68. The van der Waals surface area contributed by atoms with Crippen LogP contribution in [0.3, 0.4) is 0 Å². The predicted octanol–water partition coefficient (Wildman–Crippen LogP) is 3.93. The fraction of sp³-hybridized carbons (Fsp3) is 0.269. The van der Waals surface area contributed by atoms with Crippen LogP contribution in [0.5, 0.6) is 0 Å². The fourth-order valence-electron chi connectivity index (χ4n) is 4.68. The quantitative estimate of drug-likeness (QED) is 0.374. The van der Waals surface area contributed by atoms with Gasteiger partial charge in [-0.1, -0.05) is 6.07 Å². The lowest BCUT2D eigenvalue weighted by Gasteiger charge is -2.35. The van der Waals surface area contributed by atoms with Gasteiger partial charge in [0, 0.05) is 42.9 Å². The molecule has 5 aromatic rings. The van der Waals surface area contributed by atoms with Gasteiger partial charge in [0.2, 0.25) is 0 Å². The molecule has 1 aromatic carbocycles. The van der Waals surface area contributed by atoms with Crippen molar-refractivity contribution in [1.82, 2.24) is 34.9 Å². The Morgan fingerprint density at radius 3 is 2.83 bits per heavy atom. The maximum absolute atomic E-state index is 4.68. The molecular weight excluding hydrogens is 474 g/mol. The molecule has 1 fully saturated rings. The van der Waals surface area contributed by atoms with Crippen molar-refractivity contribution in [3.63, 3.8) is 0 Å². The van der Waals surface area contributed by atoms with Crippen LogP contribution >= 0.6 is 12.4 Å². The molecule has 1 aliphatic heterocycles. The Morgan fingerprint density at radius 2 is 1.97 bits per heavy atom. The number of nitrogens with one attached hydrogen (secondary N) is 2. The largest absolute Gasteiger partial charge is 0.351 e. The van der Waals surface area contributed by atoms with E-state index in [-0.39, 0.29) is 12.4 Å². The molecule has 0 bridgehead atoms. The highest BCUT2D eigenvalue weighted by Gasteiger charge is 2.20. The van der Waals surface area contributed by atoms with Gasteiger partial charge in [0.05, 0.1) is 11.7 Å². The normalized spacial score (nSPS) is 15.7. The number of aromatic nitrogens is 6. The molecule has 0 spiro atoms. The lowest BCUT2D eigenvalue weighted by molar-refractivity contribution is 0.497. The van der Waals surface area contributed by atoms with Crippen molar-refractivity contribution in [2.75, 3.05) is 29.9 Å². The molecule has 5 heterocycles. The van der Waals surface area contributed by atoms with Crippen molar-refractivity contribution in [3.05, 3.63) is 78.1 Å². The highest BCUT2D eigenvalue weighted by atomic mass is 35.5. The summed E-state index contributed by atoms with van der Waals surface area (Å²) >= 11 is 0. The number of fused-ring (bicyclic) bond motifs is 2. The molecule has 1 aliphatic rings. The summed E-state index contributed by atoms with van der Waals surface area (Å²) in [7, 11) is 0. The van der Waals surface area contributed by atoms with Crippen LogP contribution in [0.15, 0.2) is 61.4 Å². The van der Waals surface area contributed by atoms with Crippen LogP contribution in [-0.4, -0.2) is 55.2 Å². The van der Waals surface area contributed by atoms with Gasteiger partial charge in [-0.15, -0.1) is 12.4 Å². The summed E-state index contributed by atoms with van der Waals surface area (Å²) < 4.78 is 1.78. The summed E-state index contributed by atoms with van der Waals surface area (Å²) in [4.78, 5) is 20.3. The summed E-state index contributed by atoms with van der Waals surface area (Å²) in [5.74, 6) is 1.74. The lowest BCUT2D eigenvalue weighted by Crippen LogP contribution is -2.50. The van der Waals surface area contributed by atoms with E-state index < -0.39 is 0 Å². The second-order valence-corrected chi connectivity index (χ2v) is 9.07. The molecule has 10 heteroatoms. The molecule has 0 radical (unpaired) electrons. The second-order valence-electron chi connectivity index (χ2n) is 9.07. The van der Waals surface area contributed by atoms with Gasteiger partial charge in [-0.05, 0) is 67.3 Å². The molecule has 6 rings (SSSR count). The van der Waals surface area contributed by atoms with Crippen molar-refractivity contribution in [2.24, 2.45) is 0 Å². The third-order valence-corrected chi connectivity index (χ3v) is 6.65. The van der Waals surface area contributed by atoms with Gasteiger partial charge >= 0.3 is 0 Å². The smallest absolute Gasteiger partial charge is 0.155 e. The molecule has 0 amide bonds. The minimum absolute atomic E-state index is 0. The molecule has 2 N–H and O–H groups in total. The zero-order valence-electron chi connectivity index (χ0n) is 20.2. The van der Waals surface area contributed by atoms with Crippen LogP contribution < -0.4 is 15.5 Å². The Bertz CT molecular complexity index is 1520. The fourth-order valence-corrected chi connectivity index (χ4v) is 4.68. The van der Waals surface area contributed by atoms with Crippen LogP contribution in [0.25, 0.3) is 16.6 Å². The Labute approximate surface area is 215 Å². The Kier molecular flexibility index (Phi) is 6.67. The number of pyridine rings is 2. The van der Waals surface area contributed by atoms with E-state index in [0.717, 1.165) is 59.9 Å². The standard InChI is InChI=1S/C26H27N9.ClH/c1-17-9-21(4-3-20(17)10-19-5-7-35-25(11-19)30-16-32-35)33-26-22-12-24(28-14-23(22)29-15-31-26)34-8-6-27-13-18(34)2;/h3-5,7,9,11-12,14-16,18,27H,6,8,10,13H2,1-2H3,(H,29,31,33);1H/t18-;/m0./s1. The molecule has 1 saturated heterocycles. The highest BCUT2D eigenvalue weighted by molar-refractivity contribution is 5.92. The summed E-state index contributed by atoms with van der Waals surface area (Å²) in [5.41, 5.74) is 6.37. The Hall–Kier alpha value is -3.82. The first kappa shape index (κ1) is 23.9. The summed E-state index contributed by atoms with van der Waals surface area (Å²) in [6.07, 6.45) is 7.79. The second kappa shape index (κ2) is 10.0. The van der Waals surface area contributed by atoms with E-state index in [0.29, 0.717) is 6.04 Å². The minimum atomic E-state index is 0. The number of nitrogens with zero attached hydrogens (tertiary/aromatic N) is 7. The monoisotopic (exact) mass is 501 g/mol. The third kappa shape index (κ3) is 4.67. The first-order chi connectivity index (χ1) is 17.1. The van der Waals surface area contributed by atoms with E-state index in [1.807, 2.05) is 12.4 Å². The van der Waals surface area contributed by atoms with E-state index in [4.69, 9.17) is 0 Å². The van der Waals surface area contributed by atoms with Gasteiger partial charge in [-0.3, -0.25) is 0 Å². The molecule has 184 valence electrons. The number of piperazine rings is 1. The topological polar surface area (TPSA) is 96.2 Å². The van der Waals surface area contributed by atoms with Crippen LogP contribution in [0.1, 0.15) is 23.6 Å². The van der Waals surface area contributed by atoms with E-state index in [9.17, 15) is 0 Å². The number of aryl methyl sites for hydroxylation is 1. The first-order valence-corrected chi connectivity index (χ1v) is 11.9. The summed E-state index contributed by atoms with van der Waals surface area (Å²) in [6.45, 7) is 7.20. The molecule has 9 nitrogen and oxygen atoms in total. The van der Waals surface area contributed by atoms with Gasteiger partial charge in [0.1, 0.15) is 24.3 Å². The van der Waals surface area contributed by atoms with E-state index >= 15 is 0 Å². The van der Waals surface area contributed by atoms with Crippen molar-refractivity contribution in [3.8, 4) is 0 Å². The van der Waals surface area contributed by atoms with Crippen molar-refractivity contribution in [2.45, 2.75) is 26.3 Å². The number of hydrogen-bond donors (Lipinski definition) is 2. The molecular formula is C26H28ClN9. The molecule has 1 atom stereocenters. The first-order valence-electron chi connectivity index (χ1n) is 11.9. The van der Waals surface area contributed by atoms with Crippen LogP contribution in [0.2, 0.25) is 0 Å². The van der Waals surface area contributed by atoms with E-state index in [1.165, 1.54) is 16.7 Å². The maximum Gasteiger partial charge on any atom is 0.155 e. The summed E-state index contributed by atoms with van der Waals surface area (Å²) in [5, 5.41) is 12.1. The zero-order chi connectivity index (χ0) is 23.8. The lowest BCUT2D eigenvalue weighted by atomic mass is 10.0. The average molecular weight is 502 g/mol. The van der Waals surface area contributed by atoms with E-state index in [1.54, 1.807) is 17.2 Å². The molecule has 36 heavy (non-hydrogen) atoms. The SMILES string of the molecule is Cc1cc(Nc2ncnc3cnc(N4CCNC[C@@H]4C)cc23)ccc1Cc1ccn2ncnc2c1.Cl. The number of halogens is 1. The van der Waals surface area contributed by atoms with Gasteiger partial charge in [0.15, 0.2) is 5.65 Å². The zero-order valence-corrected chi connectivity index (χ0v) is 21.0. The van der Waals surface area contributed by atoms with Gasteiger partial charge < -0.3 is 15.5 Å². The van der Waals surface area contributed by atoms with Crippen LogP contribution in [-0.2, 0) is 6.42 Å². The Morgan fingerprint density at radius 1 is 1.06 bits per heavy atom. The van der Waals surface area contributed by atoms with Crippen molar-refractivity contribution < 1.29 is 0 Å². The highest BCUT2D eigenvalue weighted by Crippen LogP contribution is 2.28. The molecule has 0 saturated carbocycles. The average Bonchev–Trinajstić information content (AvgIpc) is 3.34. The third-order valence-electron chi connectivity index (χ3n) is 6.65. The van der Waals surface area contributed by atoms with Crippen molar-refractivity contribution >= 4 is 46.3 Å². The minimum Gasteiger partial charge on any atom is -0.351 e. The van der Waals surface area contributed by atoms with Gasteiger partial charge in [-0.2, -0.15) is 5.10 Å². The number of hydrogen-bond acceptors (Lipinski definition) is 8. The van der Waals surface area contributed by atoms with Gasteiger partial charge in [0.25, 0.3) is 0 Å². The van der Waals surface area contributed by atoms with E-state index in [2.05, 4.69) is 90.8 Å². The van der Waals surface area contributed by atoms with Crippen LogP contribution in [0.4, 0.5) is 17.3 Å². The number of rotatable bonds is 5. The van der Waals surface area contributed by atoms with Crippen LogP contribution in [0, 0.1) is 6.92 Å². The Balaban J connectivity index is 0.00000267. The molecule has 0 aliphatic carbocycles. The van der Waals surface area contributed by atoms with Crippen molar-refractivity contribution in [1.29, 1.82) is 0 Å². The van der Waals surface area contributed by atoms with Gasteiger partial charge in [-0.25, -0.2) is 24.5 Å². The predicted molar refractivity (Wildman–Crippen MR) is 145 cm³/mol. The summed E-state index contributed by atoms with van der Waals surface area (Å²) in [6, 6.07) is 13.1. The number of benzene rings is 1. The number of anilines is 3. The molecule has 4 aromatic heterocycles. The molecule has 0 unspecified atom stereocenters.